The molecule has 3 aromatic rings. The summed E-state index contributed by atoms with van der Waals surface area (Å²) in [4.78, 5) is 11.4. The molecule has 8 nitrogen and oxygen atoms in total. The Morgan fingerprint density at radius 2 is 1.89 bits per heavy atom. The summed E-state index contributed by atoms with van der Waals surface area (Å²) in [7, 11) is 2.15. The van der Waals surface area contributed by atoms with Crippen LogP contribution in [0, 0.1) is 0 Å². The molecule has 3 heterocycles. The zero-order valence-corrected chi connectivity index (χ0v) is 20.8. The van der Waals surface area contributed by atoms with Crippen molar-refractivity contribution in [3.8, 4) is 22.9 Å². The molecule has 1 aliphatic heterocycles. The molecule has 2 fully saturated rings. The molecule has 1 saturated carbocycles. The van der Waals surface area contributed by atoms with Crippen molar-refractivity contribution >= 4 is 5.82 Å². The Labute approximate surface area is 207 Å². The Kier molecular flexibility index (Phi) is 6.75. The van der Waals surface area contributed by atoms with E-state index in [2.05, 4.69) is 41.1 Å². The third-order valence-corrected chi connectivity index (χ3v) is 7.54. The minimum Gasteiger partial charge on any atom is -0.433 e. The predicted octanol–water partition coefficient (Wildman–Crippen LogP) is 4.70. The third kappa shape index (κ3) is 5.18. The van der Waals surface area contributed by atoms with Gasteiger partial charge < -0.3 is 20.5 Å². The van der Waals surface area contributed by atoms with Crippen molar-refractivity contribution in [2.75, 3.05) is 25.9 Å². The van der Waals surface area contributed by atoms with Crippen molar-refractivity contribution < 1.29 is 9.84 Å². The van der Waals surface area contributed by atoms with Crippen LogP contribution in [0.2, 0.25) is 0 Å². The number of hydrogen-bond donors (Lipinski definition) is 2. The van der Waals surface area contributed by atoms with Gasteiger partial charge in [-0.1, -0.05) is 32.3 Å². The lowest BCUT2D eigenvalue weighted by Crippen LogP contribution is -2.31. The minimum atomic E-state index is -0.777. The van der Waals surface area contributed by atoms with E-state index in [1.165, 1.54) is 6.42 Å². The van der Waals surface area contributed by atoms with E-state index < -0.39 is 5.60 Å². The second kappa shape index (κ2) is 9.95. The summed E-state index contributed by atoms with van der Waals surface area (Å²) in [6.07, 6.45) is 13.2. The largest absolute Gasteiger partial charge is 0.433 e. The predicted molar refractivity (Wildman–Crippen MR) is 136 cm³/mol. The van der Waals surface area contributed by atoms with Crippen LogP contribution in [0.25, 0.3) is 11.3 Å². The number of hydrogen-bond acceptors (Lipinski definition) is 7. The van der Waals surface area contributed by atoms with Gasteiger partial charge in [0.2, 0.25) is 0 Å². The molecule has 1 aromatic carbocycles. The van der Waals surface area contributed by atoms with E-state index in [-0.39, 0.29) is 11.7 Å². The standard InChI is InChI=1S/C27H36N6O2/c1-3-19-13-20(15-21(14-19)27(34)9-5-4-6-10-27)24-17-29-25(28)26(31-24)35-23-16-30-33(18-23)22-7-11-32(2)12-8-22/h13-18,22,34H,3-12H2,1-2H3,(H2,28,29). The zero-order valence-electron chi connectivity index (χ0n) is 20.8. The lowest BCUT2D eigenvalue weighted by atomic mass is 9.78. The molecule has 0 spiro atoms. The number of benzene rings is 1. The minimum absolute atomic E-state index is 0.235. The van der Waals surface area contributed by atoms with E-state index in [0.717, 1.165) is 74.7 Å². The maximum absolute atomic E-state index is 11.4. The van der Waals surface area contributed by atoms with Gasteiger partial charge in [0.1, 0.15) is 0 Å². The van der Waals surface area contributed by atoms with Crippen molar-refractivity contribution in [1.29, 1.82) is 0 Å². The SMILES string of the molecule is CCc1cc(-c2cnc(N)c(Oc3cnn(C4CCN(C)CC4)c3)n2)cc(C2(O)CCCCC2)c1. The summed E-state index contributed by atoms with van der Waals surface area (Å²) >= 11 is 0. The molecule has 0 bridgehead atoms. The van der Waals surface area contributed by atoms with Gasteiger partial charge in [-0.3, -0.25) is 4.68 Å². The zero-order chi connectivity index (χ0) is 24.4. The highest BCUT2D eigenvalue weighted by Gasteiger charge is 2.32. The number of rotatable bonds is 6. The van der Waals surface area contributed by atoms with Gasteiger partial charge in [0, 0.05) is 5.56 Å². The van der Waals surface area contributed by atoms with Crippen LogP contribution in [0.5, 0.6) is 11.6 Å². The first-order chi connectivity index (χ1) is 16.9. The van der Waals surface area contributed by atoms with Crippen LogP contribution in [0.1, 0.15) is 69.0 Å². The number of likely N-dealkylation sites (tertiary alicyclic amines) is 1. The highest BCUT2D eigenvalue weighted by molar-refractivity contribution is 5.63. The Balaban J connectivity index is 1.40. The van der Waals surface area contributed by atoms with Crippen LogP contribution in [0.4, 0.5) is 5.82 Å². The van der Waals surface area contributed by atoms with E-state index in [1.807, 2.05) is 16.9 Å². The number of anilines is 1. The van der Waals surface area contributed by atoms with Crippen molar-refractivity contribution in [2.24, 2.45) is 0 Å². The molecule has 0 unspecified atom stereocenters. The number of nitrogens with two attached hydrogens (primary N) is 1. The van der Waals surface area contributed by atoms with Crippen LogP contribution in [-0.2, 0) is 12.0 Å². The van der Waals surface area contributed by atoms with Gasteiger partial charge in [0.15, 0.2) is 11.6 Å². The molecular weight excluding hydrogens is 440 g/mol. The van der Waals surface area contributed by atoms with Gasteiger partial charge in [0.25, 0.3) is 5.88 Å². The summed E-state index contributed by atoms with van der Waals surface area (Å²) in [5.74, 6) is 1.10. The van der Waals surface area contributed by atoms with Gasteiger partial charge in [-0.05, 0) is 75.5 Å². The van der Waals surface area contributed by atoms with Gasteiger partial charge in [-0.2, -0.15) is 5.10 Å². The number of piperidine rings is 1. The van der Waals surface area contributed by atoms with Crippen molar-refractivity contribution in [3.63, 3.8) is 0 Å². The van der Waals surface area contributed by atoms with Crippen LogP contribution in [0.3, 0.4) is 0 Å². The van der Waals surface area contributed by atoms with E-state index in [4.69, 9.17) is 15.5 Å². The normalized spacial score (nSPS) is 19.1. The van der Waals surface area contributed by atoms with Crippen LogP contribution >= 0.6 is 0 Å². The third-order valence-electron chi connectivity index (χ3n) is 7.54. The quantitative estimate of drug-likeness (QED) is 0.532. The monoisotopic (exact) mass is 476 g/mol. The number of aryl methyl sites for hydroxylation is 1. The molecule has 0 amide bonds. The number of nitrogens with zero attached hydrogens (tertiary/aromatic N) is 5. The van der Waals surface area contributed by atoms with Gasteiger partial charge in [0.05, 0.1) is 35.9 Å². The molecule has 3 N–H and O–H groups in total. The molecular formula is C27H36N6O2. The fourth-order valence-electron chi connectivity index (χ4n) is 5.28. The second-order valence-electron chi connectivity index (χ2n) is 10.1. The maximum Gasteiger partial charge on any atom is 0.263 e. The topological polar surface area (TPSA) is 102 Å². The summed E-state index contributed by atoms with van der Waals surface area (Å²) in [6.45, 7) is 4.25. The van der Waals surface area contributed by atoms with E-state index in [1.54, 1.807) is 12.4 Å². The fraction of sp³-hybridized carbons (Fsp3) is 0.519. The first kappa shape index (κ1) is 23.8. The lowest BCUT2D eigenvalue weighted by Gasteiger charge is -2.33. The van der Waals surface area contributed by atoms with Crippen molar-refractivity contribution in [3.05, 3.63) is 47.9 Å². The average molecular weight is 477 g/mol. The van der Waals surface area contributed by atoms with Crippen molar-refractivity contribution in [1.82, 2.24) is 24.6 Å². The van der Waals surface area contributed by atoms with Crippen LogP contribution in [0.15, 0.2) is 36.8 Å². The molecule has 0 atom stereocenters. The van der Waals surface area contributed by atoms with Gasteiger partial charge in [-0.15, -0.1) is 0 Å². The molecule has 2 aliphatic rings. The molecule has 0 radical (unpaired) electrons. The molecule has 2 aromatic heterocycles. The maximum atomic E-state index is 11.4. The summed E-state index contributed by atoms with van der Waals surface area (Å²) in [6, 6.07) is 6.66. The molecule has 5 rings (SSSR count). The van der Waals surface area contributed by atoms with Crippen LogP contribution in [-0.4, -0.2) is 49.9 Å². The smallest absolute Gasteiger partial charge is 0.263 e. The van der Waals surface area contributed by atoms with Gasteiger partial charge in [-0.25, -0.2) is 9.97 Å². The number of nitrogen functional groups attached to an aromatic ring is 1. The van der Waals surface area contributed by atoms with Crippen LogP contribution < -0.4 is 10.5 Å². The molecule has 1 saturated heterocycles. The highest BCUT2D eigenvalue weighted by atomic mass is 16.5. The number of ether oxygens (including phenoxy) is 1. The molecule has 35 heavy (non-hydrogen) atoms. The Bertz CT molecular complexity index is 1160. The molecule has 186 valence electrons. The first-order valence-corrected chi connectivity index (χ1v) is 12.8. The Morgan fingerprint density at radius 3 is 2.63 bits per heavy atom. The second-order valence-corrected chi connectivity index (χ2v) is 10.1. The lowest BCUT2D eigenvalue weighted by molar-refractivity contribution is -0.000649. The summed E-state index contributed by atoms with van der Waals surface area (Å²) < 4.78 is 8.03. The fourth-order valence-corrected chi connectivity index (χ4v) is 5.28. The van der Waals surface area contributed by atoms with Crippen molar-refractivity contribution in [2.45, 2.75) is 69.9 Å². The first-order valence-electron chi connectivity index (χ1n) is 12.8. The Hall–Kier alpha value is -2.97. The summed E-state index contributed by atoms with van der Waals surface area (Å²) in [5.41, 5.74) is 9.07. The Morgan fingerprint density at radius 1 is 1.11 bits per heavy atom. The average Bonchev–Trinajstić information content (AvgIpc) is 3.34. The highest BCUT2D eigenvalue weighted by Crippen LogP contribution is 2.39. The number of aromatic nitrogens is 4. The van der Waals surface area contributed by atoms with E-state index in [0.29, 0.717) is 17.5 Å². The van der Waals surface area contributed by atoms with E-state index in [9.17, 15) is 5.11 Å². The summed E-state index contributed by atoms with van der Waals surface area (Å²) in [5, 5.41) is 15.9. The van der Waals surface area contributed by atoms with E-state index >= 15 is 0 Å². The molecule has 8 heteroatoms. The molecule has 1 aliphatic carbocycles. The van der Waals surface area contributed by atoms with Gasteiger partial charge >= 0.3 is 0 Å². The number of aliphatic hydroxyl groups is 1.